The Balaban J connectivity index is 1.56. The van der Waals surface area contributed by atoms with E-state index in [1.54, 1.807) is 48.6 Å². The number of allylic oxidation sites excluding steroid dienone is 3. The molecule has 1 atom stereocenters. The second-order valence-electron chi connectivity index (χ2n) is 7.57. The van der Waals surface area contributed by atoms with Crippen LogP contribution in [0.2, 0.25) is 0 Å². The number of ether oxygens (including phenoxy) is 1. The lowest BCUT2D eigenvalue weighted by Crippen LogP contribution is -2.61. The van der Waals surface area contributed by atoms with E-state index in [0.717, 1.165) is 12.1 Å². The molecule has 0 bridgehead atoms. The third-order valence-electron chi connectivity index (χ3n) is 5.51. The fraction of sp³-hybridized carbons (Fsp3) is 0.160. The van der Waals surface area contributed by atoms with Crippen molar-refractivity contribution in [1.82, 2.24) is 0 Å². The number of fused-ring (bicyclic) bond motifs is 1. The molecule has 2 heterocycles. The Kier molecular flexibility index (Phi) is 5.00. The van der Waals surface area contributed by atoms with Gasteiger partial charge in [-0.2, -0.15) is 9.37 Å². The van der Waals surface area contributed by atoms with Crippen LogP contribution in [-0.2, 0) is 9.53 Å². The van der Waals surface area contributed by atoms with Crippen LogP contribution in [0.15, 0.2) is 66.8 Å². The highest BCUT2D eigenvalue weighted by Gasteiger charge is 2.52. The van der Waals surface area contributed by atoms with E-state index >= 15 is 8.78 Å². The highest BCUT2D eigenvalue weighted by atomic mass is 19.1. The van der Waals surface area contributed by atoms with Crippen molar-refractivity contribution >= 4 is 23.3 Å². The van der Waals surface area contributed by atoms with Crippen molar-refractivity contribution in [2.75, 3.05) is 18.1 Å². The molecule has 1 aliphatic carbocycles. The van der Waals surface area contributed by atoms with E-state index in [1.807, 2.05) is 6.07 Å². The van der Waals surface area contributed by atoms with Crippen molar-refractivity contribution in [3.63, 3.8) is 0 Å². The Labute approximate surface area is 182 Å². The quantitative estimate of drug-likeness (QED) is 0.541. The van der Waals surface area contributed by atoms with Crippen LogP contribution in [0.25, 0.3) is 0 Å². The highest BCUT2D eigenvalue weighted by Crippen LogP contribution is 2.31. The molecule has 0 saturated carbocycles. The van der Waals surface area contributed by atoms with E-state index in [-0.39, 0.29) is 11.6 Å². The lowest BCUT2D eigenvalue weighted by molar-refractivity contribution is -0.507. The Morgan fingerprint density at radius 2 is 1.66 bits per heavy atom. The molecule has 1 saturated heterocycles. The molecular formula is C25H17F2N2O3+. The van der Waals surface area contributed by atoms with E-state index in [2.05, 4.69) is 11.8 Å². The number of amides is 3. The second-order valence-corrected chi connectivity index (χ2v) is 7.57. The molecule has 1 fully saturated rings. The molecule has 2 aliphatic heterocycles. The minimum Gasteiger partial charge on any atom is -0.372 e. The molecule has 0 aromatic heterocycles. The van der Waals surface area contributed by atoms with Gasteiger partial charge >= 0.3 is 11.9 Å². The van der Waals surface area contributed by atoms with E-state index in [9.17, 15) is 9.59 Å². The van der Waals surface area contributed by atoms with Crippen LogP contribution in [0.5, 0.6) is 0 Å². The number of hydrogen-bond acceptors (Lipinski definition) is 3. The molecule has 2 aromatic rings. The van der Waals surface area contributed by atoms with Crippen LogP contribution in [-0.4, -0.2) is 41.5 Å². The van der Waals surface area contributed by atoms with Gasteiger partial charge in [0.25, 0.3) is 0 Å². The number of imide groups is 1. The van der Waals surface area contributed by atoms with Gasteiger partial charge in [-0.3, -0.25) is 0 Å². The summed E-state index contributed by atoms with van der Waals surface area (Å²) < 4.78 is 36.8. The number of rotatable bonds is 2. The third kappa shape index (κ3) is 3.35. The molecule has 1 unspecified atom stereocenters. The molecular weight excluding hydrogens is 414 g/mol. The summed E-state index contributed by atoms with van der Waals surface area (Å²) in [7, 11) is 0. The number of nitrogens with zero attached hydrogens (tertiary/aromatic N) is 2. The molecule has 158 valence electrons. The molecule has 32 heavy (non-hydrogen) atoms. The van der Waals surface area contributed by atoms with Gasteiger partial charge in [0.1, 0.15) is 11.6 Å². The summed E-state index contributed by atoms with van der Waals surface area (Å²) in [6.07, 6.45) is 6.67. The predicted octanol–water partition coefficient (Wildman–Crippen LogP) is 3.43. The van der Waals surface area contributed by atoms with Gasteiger partial charge in [0, 0.05) is 11.1 Å². The van der Waals surface area contributed by atoms with Gasteiger partial charge in [-0.1, -0.05) is 48.3 Å². The lowest BCUT2D eigenvalue weighted by Gasteiger charge is -2.33. The molecule has 7 heteroatoms. The average molecular weight is 431 g/mol. The minimum absolute atomic E-state index is 0.0986. The standard InChI is InChI=1S/C25H17F2N2O3/c26-20-12-17(11-10-16-6-2-1-3-7-16)13-21(27)23(20)29-24(30)19-8-4-5-9-22(19)28(25(29)31)18-14-32-15-18/h1-9,12-13,18-19H,14-15H2/q+1. The Hall–Kier alpha value is -3.89. The predicted molar refractivity (Wildman–Crippen MR) is 113 cm³/mol. The number of anilines is 1. The largest absolute Gasteiger partial charge is 0.506 e. The Morgan fingerprint density at radius 1 is 0.969 bits per heavy atom. The number of benzene rings is 2. The smallest absolute Gasteiger partial charge is 0.372 e. The molecule has 0 spiro atoms. The number of halogens is 2. The van der Waals surface area contributed by atoms with Gasteiger partial charge in [-0.05, 0) is 30.3 Å². The van der Waals surface area contributed by atoms with Crippen LogP contribution in [0.1, 0.15) is 11.1 Å². The monoisotopic (exact) mass is 431 g/mol. The normalized spacial score (nSPS) is 20.1. The van der Waals surface area contributed by atoms with Crippen LogP contribution in [0, 0.1) is 29.4 Å². The molecule has 0 N–H and O–H groups in total. The Bertz CT molecular complexity index is 1260. The summed E-state index contributed by atoms with van der Waals surface area (Å²) in [4.78, 5) is 27.0. The summed E-state index contributed by atoms with van der Waals surface area (Å²) in [5, 5.41) is 0. The van der Waals surface area contributed by atoms with Crippen molar-refractivity contribution < 1.29 is 27.7 Å². The summed E-state index contributed by atoms with van der Waals surface area (Å²) in [6, 6.07) is 9.97. The summed E-state index contributed by atoms with van der Waals surface area (Å²) >= 11 is 0. The van der Waals surface area contributed by atoms with Crippen LogP contribution in [0.4, 0.5) is 19.3 Å². The van der Waals surface area contributed by atoms with E-state index in [0.29, 0.717) is 29.4 Å². The maximum Gasteiger partial charge on any atom is 0.506 e. The topological polar surface area (TPSA) is 49.6 Å². The van der Waals surface area contributed by atoms with Gasteiger partial charge in [-0.25, -0.2) is 13.6 Å². The zero-order valence-electron chi connectivity index (χ0n) is 16.8. The molecule has 5 rings (SSSR count). The second kappa shape index (κ2) is 7.98. The lowest BCUT2D eigenvalue weighted by atomic mass is 9.93. The van der Waals surface area contributed by atoms with Gasteiger partial charge in [0.05, 0.1) is 13.2 Å². The summed E-state index contributed by atoms with van der Waals surface area (Å²) in [5.74, 6) is 1.96. The maximum atomic E-state index is 15.1. The van der Waals surface area contributed by atoms with Crippen LogP contribution in [0.3, 0.4) is 0 Å². The van der Waals surface area contributed by atoms with Crippen LogP contribution >= 0.6 is 0 Å². The minimum atomic E-state index is -1.03. The van der Waals surface area contributed by atoms with Gasteiger partial charge in [0.15, 0.2) is 17.7 Å². The summed E-state index contributed by atoms with van der Waals surface area (Å²) in [6.45, 7) is 0.584. The van der Waals surface area contributed by atoms with E-state index < -0.39 is 35.2 Å². The number of carbonyl (C=O) groups excluding carboxylic acids is 2. The first-order valence-corrected chi connectivity index (χ1v) is 10.1. The molecule has 3 aliphatic rings. The molecule has 5 nitrogen and oxygen atoms in total. The zero-order valence-corrected chi connectivity index (χ0v) is 16.8. The molecule has 2 aromatic carbocycles. The first-order valence-electron chi connectivity index (χ1n) is 10.1. The number of urea groups is 1. The van der Waals surface area contributed by atoms with Crippen molar-refractivity contribution in [2.24, 2.45) is 5.92 Å². The van der Waals surface area contributed by atoms with Gasteiger partial charge in [0.2, 0.25) is 5.69 Å². The van der Waals surface area contributed by atoms with Crippen molar-refractivity contribution in [3.05, 3.63) is 89.5 Å². The van der Waals surface area contributed by atoms with Gasteiger partial charge in [-0.15, -0.1) is 4.90 Å². The fourth-order valence-corrected chi connectivity index (χ4v) is 3.88. The summed E-state index contributed by atoms with van der Waals surface area (Å²) in [5.41, 5.74) is 0.578. The average Bonchev–Trinajstić information content (AvgIpc) is 2.76. The van der Waals surface area contributed by atoms with Gasteiger partial charge < -0.3 is 4.74 Å². The molecule has 3 amide bonds. The first-order chi connectivity index (χ1) is 15.5. The fourth-order valence-electron chi connectivity index (χ4n) is 3.88. The maximum absolute atomic E-state index is 15.1. The zero-order chi connectivity index (χ0) is 22.2. The Morgan fingerprint density at radius 3 is 2.31 bits per heavy atom. The van der Waals surface area contributed by atoms with E-state index in [1.165, 1.54) is 4.58 Å². The molecule has 0 radical (unpaired) electrons. The first kappa shape index (κ1) is 20.0. The highest BCUT2D eigenvalue weighted by molar-refractivity contribution is 6.26. The van der Waals surface area contributed by atoms with Crippen molar-refractivity contribution in [3.8, 4) is 11.8 Å². The third-order valence-corrected chi connectivity index (χ3v) is 5.51. The number of hydrogen-bond donors (Lipinski definition) is 0. The van der Waals surface area contributed by atoms with E-state index in [4.69, 9.17) is 4.74 Å². The van der Waals surface area contributed by atoms with Crippen molar-refractivity contribution in [1.29, 1.82) is 0 Å². The van der Waals surface area contributed by atoms with Crippen LogP contribution < -0.4 is 4.90 Å². The van der Waals surface area contributed by atoms with Crippen molar-refractivity contribution in [2.45, 2.75) is 6.04 Å². The SMILES string of the molecule is O=C1C2C=CC=CC2=[N+](C2COC2)C(=O)N1c1c(F)cc(C#Cc2ccccc2)cc1F. The number of carbonyl (C=O) groups is 2.